The Balaban J connectivity index is 1.23. The Morgan fingerprint density at radius 3 is 2.26 bits per heavy atom. The standard InChI is InChI=1S/C32H29F2N5O7/c1-19-29(32(41)39(38(19)2)22-6-3-20(33)4-7-22)30(40)37-21-5-8-26(24(34)15-21)46-31-23-16-27-28(17-25(23)35-18-36-31)45-14-12-43-10-9-42-11-13-44-27/h3-8,15-18H,9-14H2,1-2H3,(H,37,40). The maximum atomic E-state index is 15.3. The predicted molar refractivity (Wildman–Crippen MR) is 162 cm³/mol. The van der Waals surface area contributed by atoms with Crippen LogP contribution < -0.4 is 25.1 Å². The predicted octanol–water partition coefficient (Wildman–Crippen LogP) is 4.55. The van der Waals surface area contributed by atoms with Gasteiger partial charge >= 0.3 is 0 Å². The number of anilines is 1. The van der Waals surface area contributed by atoms with Crippen molar-refractivity contribution in [3.05, 3.63) is 94.2 Å². The minimum atomic E-state index is -0.791. The van der Waals surface area contributed by atoms with E-state index in [0.29, 0.717) is 66.8 Å². The molecule has 0 saturated carbocycles. The van der Waals surface area contributed by atoms with Gasteiger partial charge in [-0.15, -0.1) is 0 Å². The van der Waals surface area contributed by atoms with Crippen molar-refractivity contribution in [1.82, 2.24) is 19.3 Å². The highest BCUT2D eigenvalue weighted by molar-refractivity contribution is 6.05. The van der Waals surface area contributed by atoms with E-state index in [1.807, 2.05) is 0 Å². The average molecular weight is 634 g/mol. The van der Waals surface area contributed by atoms with Gasteiger partial charge in [-0.05, 0) is 49.4 Å². The van der Waals surface area contributed by atoms with Gasteiger partial charge in [0, 0.05) is 24.9 Å². The van der Waals surface area contributed by atoms with E-state index in [-0.39, 0.29) is 29.5 Å². The van der Waals surface area contributed by atoms with E-state index < -0.39 is 23.1 Å². The number of carbonyl (C=O) groups excluding carboxylic acids is 1. The first-order valence-corrected chi connectivity index (χ1v) is 14.3. The number of hydrogen-bond donors (Lipinski definition) is 1. The number of amides is 1. The number of carbonyl (C=O) groups is 1. The van der Waals surface area contributed by atoms with Crippen LogP contribution in [0.25, 0.3) is 16.6 Å². The van der Waals surface area contributed by atoms with Crippen LogP contribution in [-0.2, 0) is 16.5 Å². The second kappa shape index (κ2) is 13.3. The van der Waals surface area contributed by atoms with Crippen LogP contribution in [0.3, 0.4) is 0 Å². The van der Waals surface area contributed by atoms with Crippen LogP contribution in [0.5, 0.6) is 23.1 Å². The van der Waals surface area contributed by atoms with Crippen molar-refractivity contribution in [3.8, 4) is 28.8 Å². The third kappa shape index (κ3) is 6.39. The summed E-state index contributed by atoms with van der Waals surface area (Å²) in [4.78, 5) is 34.9. The Hall–Kier alpha value is -5.34. The monoisotopic (exact) mass is 633 g/mol. The van der Waals surface area contributed by atoms with Crippen LogP contribution in [0.2, 0.25) is 0 Å². The lowest BCUT2D eigenvalue weighted by atomic mass is 10.2. The molecule has 0 radical (unpaired) electrons. The molecule has 0 bridgehead atoms. The summed E-state index contributed by atoms with van der Waals surface area (Å²) in [7, 11) is 1.60. The zero-order valence-corrected chi connectivity index (χ0v) is 24.9. The van der Waals surface area contributed by atoms with Crippen molar-refractivity contribution < 1.29 is 37.3 Å². The van der Waals surface area contributed by atoms with Gasteiger partial charge in [0.1, 0.15) is 30.9 Å². The molecular weight excluding hydrogens is 604 g/mol. The van der Waals surface area contributed by atoms with Crippen LogP contribution in [0, 0.1) is 18.6 Å². The second-order valence-electron chi connectivity index (χ2n) is 10.2. The molecule has 1 aliphatic rings. The molecule has 3 aromatic carbocycles. The first-order chi connectivity index (χ1) is 22.3. The highest BCUT2D eigenvalue weighted by atomic mass is 19.1. The molecule has 1 amide bonds. The number of ether oxygens (including phenoxy) is 5. The number of rotatable bonds is 5. The van der Waals surface area contributed by atoms with E-state index in [2.05, 4.69) is 15.3 Å². The number of hydrogen-bond acceptors (Lipinski definition) is 9. The third-order valence-corrected chi connectivity index (χ3v) is 7.25. The lowest BCUT2D eigenvalue weighted by Gasteiger charge is -2.16. The maximum absolute atomic E-state index is 15.3. The average Bonchev–Trinajstić information content (AvgIpc) is 3.26. The highest BCUT2D eigenvalue weighted by Crippen LogP contribution is 2.37. The summed E-state index contributed by atoms with van der Waals surface area (Å²) < 4.78 is 60.0. The van der Waals surface area contributed by atoms with Crippen LogP contribution in [0.1, 0.15) is 16.1 Å². The lowest BCUT2D eigenvalue weighted by Crippen LogP contribution is -2.25. The maximum Gasteiger partial charge on any atom is 0.284 e. The van der Waals surface area contributed by atoms with E-state index in [9.17, 15) is 14.0 Å². The molecule has 0 atom stereocenters. The Morgan fingerprint density at radius 2 is 1.57 bits per heavy atom. The molecule has 12 nitrogen and oxygen atoms in total. The molecule has 6 rings (SSSR count). The van der Waals surface area contributed by atoms with E-state index in [1.165, 1.54) is 52.1 Å². The van der Waals surface area contributed by atoms with Crippen LogP contribution in [-0.4, -0.2) is 64.9 Å². The Labute approximate surface area is 261 Å². The van der Waals surface area contributed by atoms with Crippen molar-refractivity contribution in [2.45, 2.75) is 6.92 Å². The van der Waals surface area contributed by atoms with Gasteiger partial charge in [0.2, 0.25) is 5.88 Å². The topological polar surface area (TPSA) is 128 Å². The summed E-state index contributed by atoms with van der Waals surface area (Å²) in [6, 6.07) is 12.5. The van der Waals surface area contributed by atoms with Crippen molar-refractivity contribution in [2.75, 3.05) is 45.0 Å². The molecule has 5 aromatic rings. The summed E-state index contributed by atoms with van der Waals surface area (Å²) in [6.07, 6.45) is 1.28. The van der Waals surface area contributed by atoms with E-state index in [1.54, 1.807) is 26.1 Å². The molecule has 1 N–H and O–H groups in total. The summed E-state index contributed by atoms with van der Waals surface area (Å²) in [5, 5.41) is 3.02. The fourth-order valence-corrected chi connectivity index (χ4v) is 4.89. The number of nitrogens with one attached hydrogen (secondary N) is 1. The van der Waals surface area contributed by atoms with Gasteiger partial charge in [0.15, 0.2) is 23.1 Å². The number of aromatic nitrogens is 4. The molecule has 0 fully saturated rings. The quantitative estimate of drug-likeness (QED) is 0.296. The number of fused-ring (bicyclic) bond motifs is 2. The van der Waals surface area contributed by atoms with Gasteiger partial charge in [-0.3, -0.25) is 14.3 Å². The van der Waals surface area contributed by atoms with Gasteiger partial charge < -0.3 is 29.0 Å². The zero-order chi connectivity index (χ0) is 32.2. The van der Waals surface area contributed by atoms with Crippen LogP contribution >= 0.6 is 0 Å². The second-order valence-corrected chi connectivity index (χ2v) is 10.2. The van der Waals surface area contributed by atoms with E-state index in [0.717, 1.165) is 6.07 Å². The molecule has 0 aliphatic carbocycles. The minimum Gasteiger partial charge on any atom is -0.487 e. The molecule has 3 heterocycles. The SMILES string of the molecule is Cc1c(C(=O)Nc2ccc(Oc3ncnc4cc5c(cc34)OCCOCCOCCO5)c(F)c2)c(=O)n(-c2ccc(F)cc2)n1C. The molecule has 14 heteroatoms. The van der Waals surface area contributed by atoms with E-state index in [4.69, 9.17) is 23.7 Å². The Morgan fingerprint density at radius 1 is 0.891 bits per heavy atom. The van der Waals surface area contributed by atoms with Crippen LogP contribution in [0.4, 0.5) is 14.5 Å². The molecule has 0 saturated heterocycles. The van der Waals surface area contributed by atoms with Gasteiger partial charge in [-0.2, -0.15) is 0 Å². The highest BCUT2D eigenvalue weighted by Gasteiger charge is 2.23. The summed E-state index contributed by atoms with van der Waals surface area (Å²) in [5.41, 5.74) is 0.565. The molecule has 238 valence electrons. The lowest BCUT2D eigenvalue weighted by molar-refractivity contribution is 0.0224. The van der Waals surface area contributed by atoms with Crippen molar-refractivity contribution in [2.24, 2.45) is 7.05 Å². The fourth-order valence-electron chi connectivity index (χ4n) is 4.89. The minimum absolute atomic E-state index is 0.0686. The Bertz CT molecular complexity index is 1960. The smallest absolute Gasteiger partial charge is 0.284 e. The molecule has 2 aromatic heterocycles. The molecule has 46 heavy (non-hydrogen) atoms. The summed E-state index contributed by atoms with van der Waals surface area (Å²) in [5.74, 6) is -1.22. The number of nitrogens with zero attached hydrogens (tertiary/aromatic N) is 4. The van der Waals surface area contributed by atoms with Gasteiger partial charge in [-0.1, -0.05) is 0 Å². The largest absolute Gasteiger partial charge is 0.487 e. The van der Waals surface area contributed by atoms with Crippen molar-refractivity contribution in [3.63, 3.8) is 0 Å². The zero-order valence-electron chi connectivity index (χ0n) is 24.9. The van der Waals surface area contributed by atoms with Gasteiger partial charge in [0.25, 0.3) is 11.5 Å². The molecular formula is C32H29F2N5O7. The van der Waals surface area contributed by atoms with Gasteiger partial charge in [0.05, 0.1) is 48.7 Å². The third-order valence-electron chi connectivity index (χ3n) is 7.25. The number of halogens is 2. The molecule has 0 spiro atoms. The molecule has 0 unspecified atom stereocenters. The summed E-state index contributed by atoms with van der Waals surface area (Å²) in [6.45, 7) is 3.76. The van der Waals surface area contributed by atoms with E-state index >= 15 is 4.39 Å². The van der Waals surface area contributed by atoms with Gasteiger partial charge in [-0.25, -0.2) is 23.4 Å². The summed E-state index contributed by atoms with van der Waals surface area (Å²) >= 11 is 0. The van der Waals surface area contributed by atoms with Crippen molar-refractivity contribution in [1.29, 1.82) is 0 Å². The first kappa shape index (κ1) is 30.7. The van der Waals surface area contributed by atoms with Crippen LogP contribution in [0.15, 0.2) is 65.7 Å². The number of benzene rings is 3. The normalized spacial score (nSPS) is 13.9. The Kier molecular flexibility index (Phi) is 8.90. The molecule has 1 aliphatic heterocycles. The fraction of sp³-hybridized carbons (Fsp3) is 0.250. The first-order valence-electron chi connectivity index (χ1n) is 14.3. The van der Waals surface area contributed by atoms with Crippen molar-refractivity contribution >= 4 is 22.5 Å².